The van der Waals surface area contributed by atoms with Crippen molar-refractivity contribution in [2.24, 2.45) is 5.14 Å². The van der Waals surface area contributed by atoms with Gasteiger partial charge >= 0.3 is 0 Å². The summed E-state index contributed by atoms with van der Waals surface area (Å²) in [5.74, 6) is -0.487. The minimum Gasteiger partial charge on any atom is -0.350 e. The summed E-state index contributed by atoms with van der Waals surface area (Å²) in [7, 11) is -3.78. The van der Waals surface area contributed by atoms with Gasteiger partial charge in [0.2, 0.25) is 15.9 Å². The highest BCUT2D eigenvalue weighted by Crippen LogP contribution is 2.17. The molecule has 0 aliphatic carbocycles. The molecular weight excluding hydrogens is 331 g/mol. The van der Waals surface area contributed by atoms with E-state index in [4.69, 9.17) is 5.14 Å². The van der Waals surface area contributed by atoms with Crippen molar-refractivity contribution >= 4 is 15.9 Å². The van der Waals surface area contributed by atoms with Gasteiger partial charge in [0.1, 0.15) is 5.82 Å². The number of halogens is 1. The zero-order chi connectivity index (χ0) is 17.7. The van der Waals surface area contributed by atoms with Gasteiger partial charge in [-0.1, -0.05) is 24.3 Å². The fourth-order valence-electron chi connectivity index (χ4n) is 2.27. The monoisotopic (exact) mass is 350 g/mol. The molecule has 0 aromatic heterocycles. The predicted molar refractivity (Wildman–Crippen MR) is 89.1 cm³/mol. The molecule has 0 fully saturated rings. The smallest absolute Gasteiger partial charge is 0.238 e. The molecule has 0 saturated heterocycles. The Morgan fingerprint density at radius 3 is 2.50 bits per heavy atom. The minimum atomic E-state index is -3.78. The van der Waals surface area contributed by atoms with Gasteiger partial charge in [-0.15, -0.1) is 0 Å². The van der Waals surface area contributed by atoms with Crippen LogP contribution in [0.3, 0.4) is 0 Å². The number of nitrogens with one attached hydrogen (secondary N) is 1. The highest BCUT2D eigenvalue weighted by Gasteiger charge is 2.13. The summed E-state index contributed by atoms with van der Waals surface area (Å²) in [5, 5.41) is 7.92. The second kappa shape index (κ2) is 7.55. The number of hydrogen-bond acceptors (Lipinski definition) is 3. The maximum Gasteiger partial charge on any atom is 0.238 e. The zero-order valence-electron chi connectivity index (χ0n) is 13.2. The van der Waals surface area contributed by atoms with E-state index in [0.29, 0.717) is 12.0 Å². The number of carbonyl (C=O) groups is 1. The average molecular weight is 350 g/mol. The fraction of sp³-hybridized carbons (Fsp3) is 0.235. The van der Waals surface area contributed by atoms with Crippen molar-refractivity contribution in [3.8, 4) is 0 Å². The first-order valence-corrected chi connectivity index (χ1v) is 8.97. The Bertz CT molecular complexity index is 820. The molecule has 0 spiro atoms. The van der Waals surface area contributed by atoms with Crippen LogP contribution in [0.15, 0.2) is 53.4 Å². The summed E-state index contributed by atoms with van der Waals surface area (Å²) < 4.78 is 35.6. The Hall–Kier alpha value is -2.25. The van der Waals surface area contributed by atoms with Gasteiger partial charge in [-0.25, -0.2) is 17.9 Å². The van der Waals surface area contributed by atoms with E-state index >= 15 is 0 Å². The summed E-state index contributed by atoms with van der Waals surface area (Å²) in [6.07, 6.45) is 0.751. The van der Waals surface area contributed by atoms with Crippen molar-refractivity contribution in [2.45, 2.75) is 30.7 Å². The number of amides is 1. The Kier molecular flexibility index (Phi) is 5.69. The molecule has 2 aromatic carbocycles. The highest BCUT2D eigenvalue weighted by atomic mass is 32.2. The number of hydrogen-bond donors (Lipinski definition) is 2. The van der Waals surface area contributed by atoms with Gasteiger partial charge in [0.25, 0.3) is 0 Å². The number of primary sulfonamides is 1. The van der Waals surface area contributed by atoms with E-state index < -0.39 is 10.0 Å². The molecule has 128 valence electrons. The molecule has 1 unspecified atom stereocenters. The fourth-order valence-corrected chi connectivity index (χ4v) is 2.84. The molecular formula is C17H19FN2O3S. The summed E-state index contributed by atoms with van der Waals surface area (Å²) >= 11 is 0. The summed E-state index contributed by atoms with van der Waals surface area (Å²) in [5.41, 5.74) is 1.52. The molecule has 0 bridgehead atoms. The summed E-state index contributed by atoms with van der Waals surface area (Å²) in [6.45, 7) is 1.76. The molecule has 2 aromatic rings. The zero-order valence-corrected chi connectivity index (χ0v) is 14.0. The van der Waals surface area contributed by atoms with Crippen molar-refractivity contribution in [3.63, 3.8) is 0 Å². The average Bonchev–Trinajstić information content (AvgIpc) is 2.53. The molecule has 0 aliphatic rings. The number of carbonyl (C=O) groups excluding carboxylic acids is 1. The molecule has 0 radical (unpaired) electrons. The van der Waals surface area contributed by atoms with Gasteiger partial charge in [-0.3, -0.25) is 4.79 Å². The van der Waals surface area contributed by atoms with Crippen molar-refractivity contribution in [3.05, 3.63) is 65.5 Å². The van der Waals surface area contributed by atoms with Gasteiger partial charge in [-0.2, -0.15) is 0 Å². The lowest BCUT2D eigenvalue weighted by molar-refractivity contribution is -0.121. The van der Waals surface area contributed by atoms with Gasteiger partial charge in [0, 0.05) is 6.42 Å². The van der Waals surface area contributed by atoms with Gasteiger partial charge in [0.05, 0.1) is 10.9 Å². The normalized spacial score (nSPS) is 12.6. The molecule has 0 saturated carbocycles. The first-order valence-electron chi connectivity index (χ1n) is 7.42. The Morgan fingerprint density at radius 2 is 1.88 bits per heavy atom. The lowest BCUT2D eigenvalue weighted by Gasteiger charge is -2.15. The van der Waals surface area contributed by atoms with E-state index in [1.807, 2.05) is 0 Å². The van der Waals surface area contributed by atoms with Gasteiger partial charge in [0.15, 0.2) is 0 Å². The summed E-state index contributed by atoms with van der Waals surface area (Å²) in [4.78, 5) is 12.0. The topological polar surface area (TPSA) is 89.3 Å². The molecule has 0 heterocycles. The number of benzene rings is 2. The van der Waals surface area contributed by atoms with Crippen LogP contribution in [0.1, 0.15) is 30.5 Å². The van der Waals surface area contributed by atoms with Crippen LogP contribution < -0.4 is 10.5 Å². The standard InChI is InChI=1S/C17H19FN2O3S/c1-12(14-3-2-4-16(11-14)24(19,22)23)20-17(21)10-7-13-5-8-15(18)9-6-13/h2-6,8-9,11-12H,7,10H2,1H3,(H,20,21)(H2,19,22,23). The second-order valence-corrected chi connectivity index (χ2v) is 7.09. The van der Waals surface area contributed by atoms with Crippen molar-refractivity contribution in [1.82, 2.24) is 5.32 Å². The third-order valence-corrected chi connectivity index (χ3v) is 4.53. The third kappa shape index (κ3) is 5.14. The number of rotatable bonds is 6. The van der Waals surface area contributed by atoms with Crippen LogP contribution in [0.25, 0.3) is 0 Å². The number of aryl methyl sites for hydroxylation is 1. The molecule has 5 nitrogen and oxygen atoms in total. The van der Waals surface area contributed by atoms with E-state index in [1.165, 1.54) is 24.3 Å². The molecule has 0 aliphatic heterocycles. The van der Waals surface area contributed by atoms with Gasteiger partial charge in [-0.05, 0) is 48.7 Å². The molecule has 24 heavy (non-hydrogen) atoms. The minimum absolute atomic E-state index is 0.00686. The largest absolute Gasteiger partial charge is 0.350 e. The Morgan fingerprint density at radius 1 is 1.21 bits per heavy atom. The lowest BCUT2D eigenvalue weighted by Crippen LogP contribution is -2.27. The van der Waals surface area contributed by atoms with Crippen molar-refractivity contribution in [2.75, 3.05) is 0 Å². The van der Waals surface area contributed by atoms with E-state index in [1.54, 1.807) is 31.2 Å². The molecule has 2 rings (SSSR count). The maximum atomic E-state index is 12.8. The number of nitrogens with two attached hydrogens (primary N) is 1. The Balaban J connectivity index is 1.95. The van der Waals surface area contributed by atoms with Crippen LogP contribution in [-0.2, 0) is 21.2 Å². The van der Waals surface area contributed by atoms with E-state index in [0.717, 1.165) is 5.56 Å². The first-order chi connectivity index (χ1) is 11.3. The van der Waals surface area contributed by atoms with Crippen molar-refractivity contribution < 1.29 is 17.6 Å². The SMILES string of the molecule is CC(NC(=O)CCc1ccc(F)cc1)c1cccc(S(N)(=O)=O)c1. The second-order valence-electron chi connectivity index (χ2n) is 5.53. The van der Waals surface area contributed by atoms with E-state index in [2.05, 4.69) is 5.32 Å². The van der Waals surface area contributed by atoms with Gasteiger partial charge < -0.3 is 5.32 Å². The van der Waals surface area contributed by atoms with Crippen molar-refractivity contribution in [1.29, 1.82) is 0 Å². The highest BCUT2D eigenvalue weighted by molar-refractivity contribution is 7.89. The van der Waals surface area contributed by atoms with E-state index in [9.17, 15) is 17.6 Å². The Labute approximate surface area is 140 Å². The molecule has 1 atom stereocenters. The third-order valence-electron chi connectivity index (χ3n) is 3.62. The van der Waals surface area contributed by atoms with E-state index in [-0.39, 0.29) is 29.1 Å². The van der Waals surface area contributed by atoms with Crippen LogP contribution in [-0.4, -0.2) is 14.3 Å². The lowest BCUT2D eigenvalue weighted by atomic mass is 10.1. The molecule has 7 heteroatoms. The maximum absolute atomic E-state index is 12.8. The molecule has 3 N–H and O–H groups in total. The summed E-state index contributed by atoms with van der Waals surface area (Å²) in [6, 6.07) is 11.8. The first kappa shape index (κ1) is 18.1. The number of sulfonamides is 1. The molecule has 1 amide bonds. The van der Waals surface area contributed by atoms with Crippen LogP contribution in [0.2, 0.25) is 0 Å². The quantitative estimate of drug-likeness (QED) is 0.837. The van der Waals surface area contributed by atoms with Crippen LogP contribution in [0, 0.1) is 5.82 Å². The van der Waals surface area contributed by atoms with Crippen LogP contribution in [0.4, 0.5) is 4.39 Å². The predicted octanol–water partition coefficient (Wildman–Crippen LogP) is 2.28. The van der Waals surface area contributed by atoms with Crippen LogP contribution in [0.5, 0.6) is 0 Å². The van der Waals surface area contributed by atoms with Crippen LogP contribution >= 0.6 is 0 Å².